The van der Waals surface area contributed by atoms with Crippen LogP contribution in [-0.4, -0.2) is 40.6 Å². The van der Waals surface area contributed by atoms with Crippen LogP contribution in [0.2, 0.25) is 0 Å². The Morgan fingerprint density at radius 1 is 1.39 bits per heavy atom. The standard InChI is InChI=1S/C13H24N2O3/c1-5-13(4,11(16)17)14-12(18)15-7-6-9(2)10(3)8-15/h9-10H,5-8H2,1-4H3,(H,14,18)(H,16,17). The molecule has 1 rings (SSSR count). The van der Waals surface area contributed by atoms with Crippen molar-refractivity contribution in [2.24, 2.45) is 11.8 Å². The van der Waals surface area contributed by atoms with E-state index in [1.54, 1.807) is 18.7 Å². The molecule has 3 atom stereocenters. The maximum absolute atomic E-state index is 12.1. The SMILES string of the molecule is CCC(C)(NC(=O)N1CCC(C)C(C)C1)C(=O)O. The van der Waals surface area contributed by atoms with Crippen molar-refractivity contribution >= 4 is 12.0 Å². The summed E-state index contributed by atoms with van der Waals surface area (Å²) in [6, 6.07) is -0.263. The number of carbonyl (C=O) groups is 2. The molecule has 0 radical (unpaired) electrons. The van der Waals surface area contributed by atoms with Gasteiger partial charge in [0, 0.05) is 13.1 Å². The van der Waals surface area contributed by atoms with E-state index in [-0.39, 0.29) is 6.03 Å². The molecular formula is C13H24N2O3. The van der Waals surface area contributed by atoms with Crippen LogP contribution in [0.1, 0.15) is 40.5 Å². The molecule has 0 bridgehead atoms. The van der Waals surface area contributed by atoms with Gasteiger partial charge in [0.15, 0.2) is 0 Å². The van der Waals surface area contributed by atoms with Gasteiger partial charge in [0.1, 0.15) is 5.54 Å². The molecule has 0 aliphatic carbocycles. The molecule has 0 aromatic carbocycles. The van der Waals surface area contributed by atoms with E-state index in [2.05, 4.69) is 19.2 Å². The highest BCUT2D eigenvalue weighted by Gasteiger charge is 2.35. The summed E-state index contributed by atoms with van der Waals surface area (Å²) in [4.78, 5) is 25.0. The second-order valence-corrected chi connectivity index (χ2v) is 5.61. The van der Waals surface area contributed by atoms with Crippen LogP contribution in [-0.2, 0) is 4.79 Å². The summed E-state index contributed by atoms with van der Waals surface area (Å²) in [5.74, 6) is 0.0880. The van der Waals surface area contributed by atoms with Crippen molar-refractivity contribution in [2.45, 2.75) is 46.1 Å². The lowest BCUT2D eigenvalue weighted by Crippen LogP contribution is -2.57. The largest absolute Gasteiger partial charge is 0.480 e. The Bertz CT molecular complexity index is 332. The van der Waals surface area contributed by atoms with Gasteiger partial charge in [-0.15, -0.1) is 0 Å². The quantitative estimate of drug-likeness (QED) is 0.810. The minimum absolute atomic E-state index is 0.263. The average Bonchev–Trinajstić information content (AvgIpc) is 2.32. The minimum Gasteiger partial charge on any atom is -0.480 e. The molecule has 5 heteroatoms. The number of rotatable bonds is 3. The van der Waals surface area contributed by atoms with Crippen molar-refractivity contribution in [3.8, 4) is 0 Å². The molecule has 18 heavy (non-hydrogen) atoms. The van der Waals surface area contributed by atoms with E-state index in [0.29, 0.717) is 31.3 Å². The third-order valence-corrected chi connectivity index (χ3v) is 4.18. The van der Waals surface area contributed by atoms with Gasteiger partial charge in [0.25, 0.3) is 0 Å². The number of hydrogen-bond acceptors (Lipinski definition) is 2. The smallest absolute Gasteiger partial charge is 0.329 e. The fourth-order valence-electron chi connectivity index (χ4n) is 2.06. The molecule has 3 unspecified atom stereocenters. The Morgan fingerprint density at radius 3 is 2.44 bits per heavy atom. The third kappa shape index (κ3) is 3.15. The molecule has 1 saturated heterocycles. The fourth-order valence-corrected chi connectivity index (χ4v) is 2.06. The Kier molecular flexibility index (Phi) is 4.59. The molecule has 1 fully saturated rings. The van der Waals surface area contributed by atoms with Gasteiger partial charge in [-0.3, -0.25) is 0 Å². The van der Waals surface area contributed by atoms with Crippen LogP contribution in [0.5, 0.6) is 0 Å². The van der Waals surface area contributed by atoms with Crippen LogP contribution in [0.15, 0.2) is 0 Å². The Morgan fingerprint density at radius 2 is 2.00 bits per heavy atom. The minimum atomic E-state index is -1.18. The van der Waals surface area contributed by atoms with Gasteiger partial charge in [-0.05, 0) is 31.6 Å². The molecule has 0 saturated carbocycles. The first-order valence-corrected chi connectivity index (χ1v) is 6.60. The molecule has 5 nitrogen and oxygen atoms in total. The molecule has 1 aliphatic rings. The van der Waals surface area contributed by atoms with E-state index >= 15 is 0 Å². The van der Waals surface area contributed by atoms with Crippen LogP contribution in [0.25, 0.3) is 0 Å². The molecule has 1 heterocycles. The van der Waals surface area contributed by atoms with E-state index in [1.165, 1.54) is 0 Å². The number of amides is 2. The zero-order chi connectivity index (χ0) is 13.9. The van der Waals surface area contributed by atoms with Crippen LogP contribution in [0.4, 0.5) is 4.79 Å². The van der Waals surface area contributed by atoms with Crippen molar-refractivity contribution < 1.29 is 14.7 Å². The summed E-state index contributed by atoms with van der Waals surface area (Å²) in [6.07, 6.45) is 1.35. The van der Waals surface area contributed by atoms with Crippen molar-refractivity contribution in [2.75, 3.05) is 13.1 Å². The number of aliphatic carboxylic acids is 1. The molecule has 0 spiro atoms. The lowest BCUT2D eigenvalue weighted by molar-refractivity contribution is -0.143. The van der Waals surface area contributed by atoms with Crippen molar-refractivity contribution in [1.82, 2.24) is 10.2 Å². The van der Waals surface area contributed by atoms with Gasteiger partial charge in [-0.2, -0.15) is 0 Å². The summed E-state index contributed by atoms with van der Waals surface area (Å²) < 4.78 is 0. The number of nitrogens with zero attached hydrogens (tertiary/aromatic N) is 1. The van der Waals surface area contributed by atoms with Gasteiger partial charge in [0.2, 0.25) is 0 Å². The van der Waals surface area contributed by atoms with Crippen molar-refractivity contribution in [3.63, 3.8) is 0 Å². The van der Waals surface area contributed by atoms with E-state index in [0.717, 1.165) is 6.42 Å². The number of urea groups is 1. The van der Waals surface area contributed by atoms with E-state index in [9.17, 15) is 9.59 Å². The highest BCUT2D eigenvalue weighted by molar-refractivity contribution is 5.85. The number of hydrogen-bond donors (Lipinski definition) is 2. The maximum Gasteiger partial charge on any atom is 0.329 e. The maximum atomic E-state index is 12.1. The molecule has 2 amide bonds. The first-order chi connectivity index (χ1) is 8.30. The zero-order valence-electron chi connectivity index (χ0n) is 11.7. The topological polar surface area (TPSA) is 69.6 Å². The number of likely N-dealkylation sites (tertiary alicyclic amines) is 1. The number of carboxylic acid groups (broad SMARTS) is 1. The normalized spacial score (nSPS) is 27.4. The monoisotopic (exact) mass is 256 g/mol. The predicted octanol–water partition coefficient (Wildman–Crippen LogP) is 1.93. The van der Waals surface area contributed by atoms with E-state index in [4.69, 9.17) is 5.11 Å². The number of piperidine rings is 1. The van der Waals surface area contributed by atoms with Gasteiger partial charge in [-0.25, -0.2) is 9.59 Å². The van der Waals surface area contributed by atoms with Gasteiger partial charge in [0.05, 0.1) is 0 Å². The molecular weight excluding hydrogens is 232 g/mol. The summed E-state index contributed by atoms with van der Waals surface area (Å²) in [5, 5.41) is 11.8. The lowest BCUT2D eigenvalue weighted by atomic mass is 9.89. The van der Waals surface area contributed by atoms with E-state index < -0.39 is 11.5 Å². The molecule has 1 aliphatic heterocycles. The summed E-state index contributed by atoms with van der Waals surface area (Å²) >= 11 is 0. The third-order valence-electron chi connectivity index (χ3n) is 4.18. The van der Waals surface area contributed by atoms with Crippen molar-refractivity contribution in [3.05, 3.63) is 0 Å². The van der Waals surface area contributed by atoms with Crippen LogP contribution < -0.4 is 5.32 Å². The second-order valence-electron chi connectivity index (χ2n) is 5.61. The first-order valence-electron chi connectivity index (χ1n) is 6.60. The van der Waals surface area contributed by atoms with Gasteiger partial charge in [-0.1, -0.05) is 20.8 Å². The highest BCUT2D eigenvalue weighted by Crippen LogP contribution is 2.22. The zero-order valence-corrected chi connectivity index (χ0v) is 11.7. The molecule has 2 N–H and O–H groups in total. The van der Waals surface area contributed by atoms with Gasteiger partial charge < -0.3 is 15.3 Å². The molecule has 0 aromatic rings. The lowest BCUT2D eigenvalue weighted by Gasteiger charge is -2.37. The van der Waals surface area contributed by atoms with Crippen LogP contribution in [0, 0.1) is 11.8 Å². The average molecular weight is 256 g/mol. The summed E-state index contributed by atoms with van der Waals surface area (Å²) in [7, 11) is 0. The van der Waals surface area contributed by atoms with Crippen molar-refractivity contribution in [1.29, 1.82) is 0 Å². The fraction of sp³-hybridized carbons (Fsp3) is 0.846. The van der Waals surface area contributed by atoms with E-state index in [1.807, 2.05) is 0 Å². The first kappa shape index (κ1) is 14.8. The summed E-state index contributed by atoms with van der Waals surface area (Å²) in [6.45, 7) is 9.02. The van der Waals surface area contributed by atoms with Crippen LogP contribution >= 0.6 is 0 Å². The number of carbonyl (C=O) groups excluding carboxylic acids is 1. The highest BCUT2D eigenvalue weighted by atomic mass is 16.4. The summed E-state index contributed by atoms with van der Waals surface area (Å²) in [5.41, 5.74) is -1.18. The number of carboxylic acids is 1. The van der Waals surface area contributed by atoms with Crippen LogP contribution in [0.3, 0.4) is 0 Å². The Balaban J connectivity index is 2.63. The second kappa shape index (κ2) is 5.59. The Labute approximate surface area is 109 Å². The Hall–Kier alpha value is -1.26. The molecule has 104 valence electrons. The number of nitrogens with one attached hydrogen (secondary N) is 1. The molecule has 0 aromatic heterocycles. The predicted molar refractivity (Wildman–Crippen MR) is 69.4 cm³/mol. The van der Waals surface area contributed by atoms with Gasteiger partial charge >= 0.3 is 12.0 Å².